The van der Waals surface area contributed by atoms with Crippen molar-refractivity contribution in [3.05, 3.63) is 23.8 Å². The number of piperidine rings is 1. The average Bonchev–Trinajstić information content (AvgIpc) is 2.45. The molecule has 1 fully saturated rings. The van der Waals surface area contributed by atoms with Gasteiger partial charge in [-0.15, -0.1) is 0 Å². The molecule has 1 saturated heterocycles. The summed E-state index contributed by atoms with van der Waals surface area (Å²) in [4.78, 5) is 4.08. The lowest BCUT2D eigenvalue weighted by molar-refractivity contribution is -0.137. The fraction of sp³-hybridized carbons (Fsp3) is 0.600. The second kappa shape index (κ2) is 6.13. The fourth-order valence-corrected chi connectivity index (χ4v) is 2.91. The molecule has 118 valence electrons. The van der Waals surface area contributed by atoms with Crippen LogP contribution in [-0.4, -0.2) is 37.6 Å². The molecule has 0 radical (unpaired) electrons. The Balaban J connectivity index is 2.21. The summed E-state index contributed by atoms with van der Waals surface area (Å²) in [5.41, 5.74) is 5.22. The minimum atomic E-state index is -4.39. The lowest BCUT2D eigenvalue weighted by atomic mass is 10.0. The van der Waals surface area contributed by atoms with E-state index in [-0.39, 0.29) is 17.4 Å². The van der Waals surface area contributed by atoms with E-state index < -0.39 is 11.7 Å². The third-order valence-electron chi connectivity index (χ3n) is 4.26. The lowest BCUT2D eigenvalue weighted by Crippen LogP contribution is -2.43. The summed E-state index contributed by atoms with van der Waals surface area (Å²) in [6.07, 6.45) is -2.62. The first-order valence-corrected chi connectivity index (χ1v) is 7.24. The Bertz CT molecular complexity index is 480. The van der Waals surface area contributed by atoms with Crippen molar-refractivity contribution in [2.45, 2.75) is 32.0 Å². The second-order valence-electron chi connectivity index (χ2n) is 5.55. The molecule has 1 aliphatic rings. The van der Waals surface area contributed by atoms with Crippen LogP contribution in [-0.2, 0) is 6.18 Å². The number of nitrogens with two attached hydrogens (primary N) is 1. The summed E-state index contributed by atoms with van der Waals surface area (Å²) in [6, 6.07) is 4.16. The van der Waals surface area contributed by atoms with Crippen LogP contribution in [0, 0.1) is 0 Å². The van der Waals surface area contributed by atoms with E-state index in [0.717, 1.165) is 38.5 Å². The first-order valence-electron chi connectivity index (χ1n) is 7.24. The van der Waals surface area contributed by atoms with Gasteiger partial charge in [-0.05, 0) is 37.6 Å². The Kier molecular flexibility index (Phi) is 4.66. The van der Waals surface area contributed by atoms with E-state index in [1.165, 1.54) is 12.1 Å². The van der Waals surface area contributed by atoms with Crippen molar-refractivity contribution in [3.63, 3.8) is 0 Å². The number of hydrogen-bond donors (Lipinski definition) is 1. The van der Waals surface area contributed by atoms with Crippen LogP contribution in [0.5, 0.6) is 0 Å². The SMILES string of the molecule is CCN1CCC(N(C)c2ccc(N)cc2C(F)(F)F)CC1. The van der Waals surface area contributed by atoms with Crippen molar-refractivity contribution in [2.75, 3.05) is 37.3 Å². The van der Waals surface area contributed by atoms with Crippen molar-refractivity contribution in [2.24, 2.45) is 0 Å². The van der Waals surface area contributed by atoms with Gasteiger partial charge in [0.05, 0.1) is 5.56 Å². The van der Waals surface area contributed by atoms with Crippen LogP contribution in [0.4, 0.5) is 24.5 Å². The molecular weight excluding hydrogens is 279 g/mol. The third-order valence-corrected chi connectivity index (χ3v) is 4.26. The van der Waals surface area contributed by atoms with Gasteiger partial charge in [0.15, 0.2) is 0 Å². The molecule has 6 heteroatoms. The topological polar surface area (TPSA) is 32.5 Å². The molecule has 21 heavy (non-hydrogen) atoms. The smallest absolute Gasteiger partial charge is 0.399 e. The van der Waals surface area contributed by atoms with Gasteiger partial charge in [0, 0.05) is 37.6 Å². The van der Waals surface area contributed by atoms with Gasteiger partial charge < -0.3 is 15.5 Å². The molecule has 1 aromatic carbocycles. The van der Waals surface area contributed by atoms with Crippen molar-refractivity contribution < 1.29 is 13.2 Å². The Hall–Kier alpha value is -1.43. The second-order valence-corrected chi connectivity index (χ2v) is 5.55. The molecule has 3 nitrogen and oxygen atoms in total. The van der Waals surface area contributed by atoms with E-state index in [9.17, 15) is 13.2 Å². The normalized spacial score (nSPS) is 18.0. The lowest BCUT2D eigenvalue weighted by Gasteiger charge is -2.38. The maximum absolute atomic E-state index is 13.2. The van der Waals surface area contributed by atoms with Gasteiger partial charge in [-0.25, -0.2) is 0 Å². The van der Waals surface area contributed by atoms with Gasteiger partial charge in [-0.3, -0.25) is 0 Å². The first kappa shape index (κ1) is 15.9. The minimum Gasteiger partial charge on any atom is -0.399 e. The predicted molar refractivity (Wildman–Crippen MR) is 79.4 cm³/mol. The van der Waals surface area contributed by atoms with Gasteiger partial charge in [0.25, 0.3) is 0 Å². The molecule has 0 unspecified atom stereocenters. The molecule has 0 amide bonds. The molecule has 1 aliphatic heterocycles. The zero-order chi connectivity index (χ0) is 15.6. The summed E-state index contributed by atoms with van der Waals surface area (Å²) < 4.78 is 39.5. The standard InChI is InChI=1S/C15H22F3N3/c1-3-21-8-6-12(7-9-21)20(2)14-5-4-11(19)10-13(14)15(16,17)18/h4-5,10,12H,3,6-9,19H2,1-2H3. The van der Waals surface area contributed by atoms with Gasteiger partial charge in [0.1, 0.15) is 0 Å². The molecule has 2 rings (SSSR count). The summed E-state index contributed by atoms with van der Waals surface area (Å²) in [6.45, 7) is 4.96. The number of likely N-dealkylation sites (tertiary alicyclic amines) is 1. The Morgan fingerprint density at radius 3 is 2.43 bits per heavy atom. The number of rotatable bonds is 3. The third kappa shape index (κ3) is 3.61. The van der Waals surface area contributed by atoms with E-state index in [0.29, 0.717) is 0 Å². The summed E-state index contributed by atoms with van der Waals surface area (Å²) in [5, 5.41) is 0. The predicted octanol–water partition coefficient (Wildman–Crippen LogP) is 3.21. The van der Waals surface area contributed by atoms with Crippen LogP contribution in [0.15, 0.2) is 18.2 Å². The van der Waals surface area contributed by atoms with Gasteiger partial charge >= 0.3 is 6.18 Å². The number of hydrogen-bond acceptors (Lipinski definition) is 3. The van der Waals surface area contributed by atoms with Crippen LogP contribution in [0.2, 0.25) is 0 Å². The highest BCUT2D eigenvalue weighted by Gasteiger charge is 2.36. The molecule has 0 aromatic heterocycles. The Labute approximate surface area is 123 Å². The van der Waals surface area contributed by atoms with Gasteiger partial charge in [-0.2, -0.15) is 13.2 Å². The Morgan fingerprint density at radius 1 is 1.29 bits per heavy atom. The number of nitrogens with zero attached hydrogens (tertiary/aromatic N) is 2. The Morgan fingerprint density at radius 2 is 1.90 bits per heavy atom. The van der Waals surface area contributed by atoms with E-state index in [1.807, 2.05) is 0 Å². The summed E-state index contributed by atoms with van der Waals surface area (Å²) >= 11 is 0. The maximum Gasteiger partial charge on any atom is 0.418 e. The summed E-state index contributed by atoms with van der Waals surface area (Å²) in [5.74, 6) is 0. The fourth-order valence-electron chi connectivity index (χ4n) is 2.91. The van der Waals surface area contributed by atoms with E-state index in [1.54, 1.807) is 11.9 Å². The maximum atomic E-state index is 13.2. The molecule has 0 atom stereocenters. The monoisotopic (exact) mass is 301 g/mol. The van der Waals surface area contributed by atoms with Crippen LogP contribution < -0.4 is 10.6 Å². The van der Waals surface area contributed by atoms with Gasteiger partial charge in [0.2, 0.25) is 0 Å². The molecule has 1 heterocycles. The first-order chi connectivity index (χ1) is 9.82. The van der Waals surface area contributed by atoms with E-state index >= 15 is 0 Å². The van der Waals surface area contributed by atoms with Crippen molar-refractivity contribution >= 4 is 11.4 Å². The van der Waals surface area contributed by atoms with Crippen molar-refractivity contribution in [1.82, 2.24) is 4.90 Å². The number of benzene rings is 1. The van der Waals surface area contributed by atoms with E-state index in [4.69, 9.17) is 5.73 Å². The minimum absolute atomic E-state index is 0.137. The molecule has 0 aliphatic carbocycles. The van der Waals surface area contributed by atoms with E-state index in [2.05, 4.69) is 11.8 Å². The number of halogens is 3. The number of anilines is 2. The molecule has 1 aromatic rings. The van der Waals surface area contributed by atoms with Crippen LogP contribution in [0.3, 0.4) is 0 Å². The largest absolute Gasteiger partial charge is 0.418 e. The van der Waals surface area contributed by atoms with Crippen molar-refractivity contribution in [3.8, 4) is 0 Å². The zero-order valence-electron chi connectivity index (χ0n) is 12.5. The van der Waals surface area contributed by atoms with Gasteiger partial charge in [-0.1, -0.05) is 6.92 Å². The molecular formula is C15H22F3N3. The quantitative estimate of drug-likeness (QED) is 0.870. The number of nitrogen functional groups attached to an aromatic ring is 1. The zero-order valence-corrected chi connectivity index (χ0v) is 12.5. The van der Waals surface area contributed by atoms with Crippen LogP contribution in [0.1, 0.15) is 25.3 Å². The van der Waals surface area contributed by atoms with Crippen LogP contribution >= 0.6 is 0 Å². The highest BCUT2D eigenvalue weighted by molar-refractivity contribution is 5.61. The van der Waals surface area contributed by atoms with Crippen LogP contribution in [0.25, 0.3) is 0 Å². The molecule has 0 bridgehead atoms. The highest BCUT2D eigenvalue weighted by Crippen LogP contribution is 2.38. The molecule has 2 N–H and O–H groups in total. The molecule has 0 spiro atoms. The summed E-state index contributed by atoms with van der Waals surface area (Å²) in [7, 11) is 1.74. The molecule has 0 saturated carbocycles. The number of alkyl halides is 3. The average molecular weight is 301 g/mol. The van der Waals surface area contributed by atoms with Crippen molar-refractivity contribution in [1.29, 1.82) is 0 Å². The highest BCUT2D eigenvalue weighted by atomic mass is 19.4.